The van der Waals surface area contributed by atoms with Gasteiger partial charge in [0.25, 0.3) is 0 Å². The number of hydrogen-bond donors (Lipinski definition) is 3. The van der Waals surface area contributed by atoms with Crippen molar-refractivity contribution in [3.63, 3.8) is 0 Å². The van der Waals surface area contributed by atoms with Crippen molar-refractivity contribution in [2.45, 2.75) is 70.6 Å². The van der Waals surface area contributed by atoms with Crippen molar-refractivity contribution in [1.82, 2.24) is 16.0 Å². The van der Waals surface area contributed by atoms with Crippen LogP contribution in [0, 0.1) is 11.7 Å². The summed E-state index contributed by atoms with van der Waals surface area (Å²) in [5.41, 5.74) is 0. The van der Waals surface area contributed by atoms with E-state index in [9.17, 15) is 9.18 Å². The molecule has 0 aliphatic heterocycles. The lowest BCUT2D eigenvalue weighted by atomic mass is 9.85. The molecule has 6 nitrogen and oxygen atoms in total. The third kappa shape index (κ3) is 7.22. The summed E-state index contributed by atoms with van der Waals surface area (Å²) in [5.74, 6) is 1.21. The summed E-state index contributed by atoms with van der Waals surface area (Å²) in [7, 11) is 0. The molecule has 3 rings (SSSR count). The van der Waals surface area contributed by atoms with Crippen molar-refractivity contribution in [2.75, 3.05) is 13.1 Å². The van der Waals surface area contributed by atoms with Crippen LogP contribution in [0.3, 0.4) is 0 Å². The molecule has 3 atom stereocenters. The zero-order valence-electron chi connectivity index (χ0n) is 17.4. The van der Waals surface area contributed by atoms with Crippen molar-refractivity contribution in [2.24, 2.45) is 10.9 Å². The molecule has 1 aromatic carbocycles. The molecule has 1 amide bonds. The predicted molar refractivity (Wildman–Crippen MR) is 113 cm³/mol. The first-order chi connectivity index (χ1) is 14.0. The van der Waals surface area contributed by atoms with Crippen LogP contribution in [0.4, 0.5) is 4.39 Å². The van der Waals surface area contributed by atoms with Crippen LogP contribution in [0.2, 0.25) is 0 Å². The summed E-state index contributed by atoms with van der Waals surface area (Å²) in [5, 5.41) is 9.88. The lowest BCUT2D eigenvalue weighted by Gasteiger charge is -2.30. The molecule has 0 heterocycles. The topological polar surface area (TPSA) is 74.8 Å². The Morgan fingerprint density at radius 3 is 2.79 bits per heavy atom. The van der Waals surface area contributed by atoms with Gasteiger partial charge < -0.3 is 20.7 Å². The number of benzene rings is 1. The minimum absolute atomic E-state index is 0.0833. The van der Waals surface area contributed by atoms with E-state index in [-0.39, 0.29) is 29.8 Å². The van der Waals surface area contributed by atoms with Crippen LogP contribution < -0.4 is 20.7 Å². The molecular weight excluding hydrogens is 371 g/mol. The molecule has 0 aromatic heterocycles. The number of rotatable bonds is 8. The Morgan fingerprint density at radius 1 is 1.24 bits per heavy atom. The standard InChI is InChI=1S/C22H33FN4O2/c1-3-24-22(25-14-15(2)29-20-9-5-7-17(23)13-20)27-19-8-4-6-16(12-19)21(28)26-18-10-11-18/h5,7,9,13,15-16,18-19H,3-4,6,8,10-12,14H2,1-2H3,(H,26,28)(H2,24,25,27). The molecule has 7 heteroatoms. The van der Waals surface area contributed by atoms with Gasteiger partial charge in [-0.2, -0.15) is 0 Å². The second kappa shape index (κ2) is 10.5. The average molecular weight is 405 g/mol. The zero-order valence-corrected chi connectivity index (χ0v) is 17.4. The van der Waals surface area contributed by atoms with Crippen LogP contribution in [-0.2, 0) is 4.79 Å². The highest BCUT2D eigenvalue weighted by atomic mass is 19.1. The molecule has 29 heavy (non-hydrogen) atoms. The number of guanidine groups is 1. The van der Waals surface area contributed by atoms with Crippen LogP contribution in [0.15, 0.2) is 29.3 Å². The van der Waals surface area contributed by atoms with Crippen LogP contribution in [0.5, 0.6) is 5.75 Å². The van der Waals surface area contributed by atoms with E-state index in [0.29, 0.717) is 18.3 Å². The number of aliphatic imine (C=N–C) groups is 1. The van der Waals surface area contributed by atoms with E-state index < -0.39 is 0 Å². The van der Waals surface area contributed by atoms with Gasteiger partial charge in [-0.15, -0.1) is 0 Å². The van der Waals surface area contributed by atoms with Crippen LogP contribution in [-0.4, -0.2) is 43.1 Å². The van der Waals surface area contributed by atoms with Gasteiger partial charge in [-0.3, -0.25) is 4.79 Å². The summed E-state index contributed by atoms with van der Waals surface area (Å²) in [6, 6.07) is 6.78. The SMILES string of the molecule is CCNC(=NCC(C)Oc1cccc(F)c1)NC1CCCC(C(=O)NC2CC2)C1. The second-order valence-electron chi connectivity index (χ2n) is 8.09. The van der Waals surface area contributed by atoms with Crippen molar-refractivity contribution < 1.29 is 13.9 Å². The van der Waals surface area contributed by atoms with Crippen molar-refractivity contribution in [3.05, 3.63) is 30.1 Å². The fraction of sp³-hybridized carbons (Fsp3) is 0.636. The lowest BCUT2D eigenvalue weighted by molar-refractivity contribution is -0.126. The highest BCUT2D eigenvalue weighted by Crippen LogP contribution is 2.26. The van der Waals surface area contributed by atoms with Gasteiger partial charge in [0.2, 0.25) is 5.91 Å². The molecule has 0 spiro atoms. The van der Waals surface area contributed by atoms with Gasteiger partial charge in [0.15, 0.2) is 5.96 Å². The maximum atomic E-state index is 13.3. The molecule has 3 N–H and O–H groups in total. The number of amides is 1. The van der Waals surface area contributed by atoms with Gasteiger partial charge in [-0.25, -0.2) is 9.38 Å². The minimum Gasteiger partial charge on any atom is -0.489 e. The van der Waals surface area contributed by atoms with E-state index in [1.807, 2.05) is 13.8 Å². The van der Waals surface area contributed by atoms with Gasteiger partial charge in [0, 0.05) is 30.6 Å². The largest absolute Gasteiger partial charge is 0.489 e. The van der Waals surface area contributed by atoms with E-state index >= 15 is 0 Å². The van der Waals surface area contributed by atoms with E-state index in [0.717, 1.165) is 51.0 Å². The summed E-state index contributed by atoms with van der Waals surface area (Å²) >= 11 is 0. The minimum atomic E-state index is -0.314. The number of ether oxygens (including phenoxy) is 1. The highest BCUT2D eigenvalue weighted by Gasteiger charge is 2.31. The van der Waals surface area contributed by atoms with Gasteiger partial charge in [0.1, 0.15) is 17.7 Å². The summed E-state index contributed by atoms with van der Waals surface area (Å²) < 4.78 is 19.0. The maximum absolute atomic E-state index is 13.3. The summed E-state index contributed by atoms with van der Waals surface area (Å²) in [4.78, 5) is 17.0. The first-order valence-electron chi connectivity index (χ1n) is 10.8. The first kappa shape index (κ1) is 21.4. The quantitative estimate of drug-likeness (QED) is 0.460. The molecule has 2 fully saturated rings. The van der Waals surface area contributed by atoms with Crippen LogP contribution in [0.1, 0.15) is 52.4 Å². The molecule has 160 valence electrons. The van der Waals surface area contributed by atoms with Crippen LogP contribution in [0.25, 0.3) is 0 Å². The summed E-state index contributed by atoms with van der Waals surface area (Å²) in [6.45, 7) is 5.14. The molecule has 0 bridgehead atoms. The Bertz CT molecular complexity index is 708. The number of carbonyl (C=O) groups is 1. The molecular formula is C22H33FN4O2. The third-order valence-electron chi connectivity index (χ3n) is 5.29. The highest BCUT2D eigenvalue weighted by molar-refractivity contribution is 5.81. The second-order valence-corrected chi connectivity index (χ2v) is 8.09. The van der Waals surface area contributed by atoms with E-state index in [2.05, 4.69) is 20.9 Å². The summed E-state index contributed by atoms with van der Waals surface area (Å²) in [6.07, 6.45) is 5.92. The Labute approximate surface area is 172 Å². The fourth-order valence-electron chi connectivity index (χ4n) is 3.65. The van der Waals surface area contributed by atoms with E-state index in [1.54, 1.807) is 12.1 Å². The molecule has 2 aliphatic rings. The van der Waals surface area contributed by atoms with Crippen molar-refractivity contribution in [1.29, 1.82) is 0 Å². The number of nitrogens with zero attached hydrogens (tertiary/aromatic N) is 1. The van der Waals surface area contributed by atoms with Gasteiger partial charge in [-0.05, 0) is 58.1 Å². The van der Waals surface area contributed by atoms with Gasteiger partial charge >= 0.3 is 0 Å². The number of hydrogen-bond acceptors (Lipinski definition) is 3. The average Bonchev–Trinajstić information content (AvgIpc) is 3.50. The smallest absolute Gasteiger partial charge is 0.223 e. The molecule has 1 aromatic rings. The third-order valence-corrected chi connectivity index (χ3v) is 5.29. The zero-order chi connectivity index (χ0) is 20.6. The molecule has 0 saturated heterocycles. The number of nitrogens with one attached hydrogen (secondary N) is 3. The Morgan fingerprint density at radius 2 is 2.07 bits per heavy atom. The predicted octanol–water partition coefficient (Wildman–Crippen LogP) is 2.99. The number of carbonyl (C=O) groups excluding carboxylic acids is 1. The van der Waals surface area contributed by atoms with E-state index in [4.69, 9.17) is 4.74 Å². The normalized spacial score (nSPS) is 23.2. The first-order valence-corrected chi connectivity index (χ1v) is 10.8. The Balaban J connectivity index is 1.50. The van der Waals surface area contributed by atoms with E-state index in [1.165, 1.54) is 12.1 Å². The monoisotopic (exact) mass is 404 g/mol. The Kier molecular flexibility index (Phi) is 7.72. The van der Waals surface area contributed by atoms with Crippen molar-refractivity contribution >= 4 is 11.9 Å². The molecule has 3 unspecified atom stereocenters. The molecule has 2 aliphatic carbocycles. The lowest BCUT2D eigenvalue weighted by Crippen LogP contribution is -2.47. The fourth-order valence-corrected chi connectivity index (χ4v) is 3.65. The number of halogens is 1. The Hall–Kier alpha value is -2.31. The van der Waals surface area contributed by atoms with Crippen molar-refractivity contribution in [3.8, 4) is 5.75 Å². The maximum Gasteiger partial charge on any atom is 0.223 e. The van der Waals surface area contributed by atoms with Crippen LogP contribution >= 0.6 is 0 Å². The van der Waals surface area contributed by atoms with Gasteiger partial charge in [-0.1, -0.05) is 12.5 Å². The molecule has 2 saturated carbocycles. The van der Waals surface area contributed by atoms with Gasteiger partial charge in [0.05, 0.1) is 6.54 Å². The molecule has 0 radical (unpaired) electrons.